The summed E-state index contributed by atoms with van der Waals surface area (Å²) in [5, 5.41) is 2.59. The van der Waals surface area contributed by atoms with Crippen LogP contribution in [0.1, 0.15) is 20.7 Å². The van der Waals surface area contributed by atoms with E-state index < -0.39 is 17.7 Å². The molecule has 1 aliphatic rings. The molecule has 1 aliphatic heterocycles. The van der Waals surface area contributed by atoms with Crippen LogP contribution in [0, 0.1) is 0 Å². The van der Waals surface area contributed by atoms with Crippen LogP contribution in [0.4, 0.5) is 11.4 Å². The second-order valence-corrected chi connectivity index (χ2v) is 4.88. The fraction of sp³-hybridized carbons (Fsp3) is 0.0625. The summed E-state index contributed by atoms with van der Waals surface area (Å²) in [7, 11) is 0. The fourth-order valence-corrected chi connectivity index (χ4v) is 2.33. The maximum Gasteiger partial charge on any atom is 0.262 e. The average Bonchev–Trinajstić information content (AvgIpc) is 2.75. The summed E-state index contributed by atoms with van der Waals surface area (Å²) in [6.07, 6.45) is 0. The molecular weight excluding hydrogens is 282 g/mol. The molecule has 22 heavy (non-hydrogen) atoms. The first-order valence-corrected chi connectivity index (χ1v) is 6.67. The minimum absolute atomic E-state index is 0.319. The normalized spacial score (nSPS) is 13.2. The third-order valence-corrected chi connectivity index (χ3v) is 3.41. The number of hydrogen-bond acceptors (Lipinski definition) is 4. The molecule has 2 aromatic carbocycles. The van der Waals surface area contributed by atoms with Gasteiger partial charge < -0.3 is 11.1 Å². The summed E-state index contributed by atoms with van der Waals surface area (Å²) < 4.78 is 0. The smallest absolute Gasteiger partial charge is 0.262 e. The van der Waals surface area contributed by atoms with E-state index in [0.29, 0.717) is 22.5 Å². The zero-order chi connectivity index (χ0) is 15.7. The van der Waals surface area contributed by atoms with E-state index >= 15 is 0 Å². The molecule has 0 saturated heterocycles. The molecule has 0 spiro atoms. The minimum Gasteiger partial charge on any atom is -0.397 e. The second-order valence-electron chi connectivity index (χ2n) is 4.88. The Labute approximate surface area is 126 Å². The van der Waals surface area contributed by atoms with E-state index in [9.17, 15) is 14.4 Å². The lowest BCUT2D eigenvalue weighted by atomic mass is 10.1. The van der Waals surface area contributed by atoms with Gasteiger partial charge in [0.25, 0.3) is 11.8 Å². The number of hydrogen-bond donors (Lipinski definition) is 2. The number of fused-ring (bicyclic) bond motifs is 1. The number of carbonyl (C=O) groups excluding carboxylic acids is 3. The predicted octanol–water partition coefficient (Wildman–Crippen LogP) is 1.50. The Balaban J connectivity index is 1.75. The maximum absolute atomic E-state index is 12.2. The van der Waals surface area contributed by atoms with E-state index in [2.05, 4.69) is 5.32 Å². The number of benzene rings is 2. The van der Waals surface area contributed by atoms with Crippen molar-refractivity contribution in [3.05, 3.63) is 59.7 Å². The first-order chi connectivity index (χ1) is 10.6. The predicted molar refractivity (Wildman–Crippen MR) is 81.3 cm³/mol. The summed E-state index contributed by atoms with van der Waals surface area (Å²) in [6.45, 7) is -0.347. The molecule has 1 heterocycles. The van der Waals surface area contributed by atoms with E-state index in [-0.39, 0.29) is 6.54 Å². The van der Waals surface area contributed by atoms with Crippen molar-refractivity contribution in [2.75, 3.05) is 17.6 Å². The van der Waals surface area contributed by atoms with Crippen molar-refractivity contribution in [3.8, 4) is 0 Å². The lowest BCUT2D eigenvalue weighted by Crippen LogP contribution is -2.37. The third-order valence-electron chi connectivity index (χ3n) is 3.41. The van der Waals surface area contributed by atoms with Crippen LogP contribution >= 0.6 is 0 Å². The number of nitrogen functional groups attached to an aromatic ring is 1. The van der Waals surface area contributed by atoms with Crippen LogP contribution in [0.5, 0.6) is 0 Å². The number of nitrogens with zero attached hydrogens (tertiary/aromatic N) is 1. The van der Waals surface area contributed by atoms with Gasteiger partial charge in [-0.3, -0.25) is 19.3 Å². The van der Waals surface area contributed by atoms with Gasteiger partial charge in [0.15, 0.2) is 0 Å². The van der Waals surface area contributed by atoms with Gasteiger partial charge in [0, 0.05) is 0 Å². The highest BCUT2D eigenvalue weighted by atomic mass is 16.2. The van der Waals surface area contributed by atoms with Crippen molar-refractivity contribution >= 4 is 29.1 Å². The van der Waals surface area contributed by atoms with Gasteiger partial charge in [0.1, 0.15) is 6.54 Å². The zero-order valence-electron chi connectivity index (χ0n) is 11.6. The summed E-state index contributed by atoms with van der Waals surface area (Å²) >= 11 is 0. The highest BCUT2D eigenvalue weighted by molar-refractivity contribution is 6.22. The molecular formula is C16H13N3O3. The highest BCUT2D eigenvalue weighted by Crippen LogP contribution is 2.22. The molecule has 110 valence electrons. The highest BCUT2D eigenvalue weighted by Gasteiger charge is 2.36. The maximum atomic E-state index is 12.2. The minimum atomic E-state index is -0.479. The monoisotopic (exact) mass is 295 g/mol. The summed E-state index contributed by atoms with van der Waals surface area (Å²) in [4.78, 5) is 37.3. The number of nitrogens with one attached hydrogen (secondary N) is 1. The van der Waals surface area contributed by atoms with E-state index in [0.717, 1.165) is 4.90 Å². The number of nitrogens with two attached hydrogens (primary N) is 1. The summed E-state index contributed by atoms with van der Waals surface area (Å²) in [6, 6.07) is 13.3. The van der Waals surface area contributed by atoms with Crippen LogP contribution in [0.3, 0.4) is 0 Å². The fourth-order valence-electron chi connectivity index (χ4n) is 2.33. The molecule has 3 amide bonds. The van der Waals surface area contributed by atoms with E-state index in [1.807, 2.05) is 0 Å². The van der Waals surface area contributed by atoms with Gasteiger partial charge in [-0.1, -0.05) is 24.3 Å². The molecule has 2 aromatic rings. The molecule has 0 aliphatic carbocycles. The van der Waals surface area contributed by atoms with E-state index in [4.69, 9.17) is 5.73 Å². The van der Waals surface area contributed by atoms with Crippen molar-refractivity contribution in [2.45, 2.75) is 0 Å². The summed E-state index contributed by atoms with van der Waals surface area (Å²) in [5.41, 5.74) is 7.24. The first-order valence-electron chi connectivity index (χ1n) is 6.67. The topological polar surface area (TPSA) is 92.5 Å². The van der Waals surface area contributed by atoms with Crippen molar-refractivity contribution < 1.29 is 14.4 Å². The van der Waals surface area contributed by atoms with Crippen LogP contribution in [0.15, 0.2) is 48.5 Å². The zero-order valence-corrected chi connectivity index (χ0v) is 11.6. The quantitative estimate of drug-likeness (QED) is 0.663. The van der Waals surface area contributed by atoms with Crippen molar-refractivity contribution in [1.82, 2.24) is 4.90 Å². The van der Waals surface area contributed by atoms with Crippen LogP contribution in [-0.2, 0) is 4.79 Å². The number of amides is 3. The Bertz CT molecular complexity index is 751. The van der Waals surface area contributed by atoms with Gasteiger partial charge in [-0.05, 0) is 24.3 Å². The molecule has 3 N–H and O–H groups in total. The third kappa shape index (κ3) is 2.31. The Morgan fingerprint density at radius 3 is 2.09 bits per heavy atom. The molecule has 0 aromatic heterocycles. The number of imide groups is 1. The van der Waals surface area contributed by atoms with Crippen molar-refractivity contribution in [3.63, 3.8) is 0 Å². The largest absolute Gasteiger partial charge is 0.397 e. The molecule has 3 rings (SSSR count). The van der Waals surface area contributed by atoms with Crippen molar-refractivity contribution in [2.24, 2.45) is 0 Å². The molecule has 0 bridgehead atoms. The van der Waals surface area contributed by atoms with Crippen LogP contribution < -0.4 is 11.1 Å². The second kappa shape index (κ2) is 5.33. The Kier molecular flexibility index (Phi) is 3.34. The Morgan fingerprint density at radius 2 is 1.50 bits per heavy atom. The molecule has 0 unspecified atom stereocenters. The van der Waals surface area contributed by atoms with Crippen LogP contribution in [-0.4, -0.2) is 29.2 Å². The van der Waals surface area contributed by atoms with Crippen LogP contribution in [0.25, 0.3) is 0 Å². The number of rotatable bonds is 3. The van der Waals surface area contributed by atoms with Crippen molar-refractivity contribution in [1.29, 1.82) is 0 Å². The van der Waals surface area contributed by atoms with Gasteiger partial charge in [-0.15, -0.1) is 0 Å². The number of para-hydroxylation sites is 2. The molecule has 6 heteroatoms. The van der Waals surface area contributed by atoms with Gasteiger partial charge in [-0.25, -0.2) is 0 Å². The molecule has 0 radical (unpaired) electrons. The average molecular weight is 295 g/mol. The number of carbonyl (C=O) groups is 3. The molecule has 0 saturated carbocycles. The van der Waals surface area contributed by atoms with E-state index in [1.54, 1.807) is 48.5 Å². The van der Waals surface area contributed by atoms with Gasteiger partial charge >= 0.3 is 0 Å². The molecule has 0 atom stereocenters. The molecule has 0 fully saturated rings. The SMILES string of the molecule is Nc1ccccc1NC(=O)CN1C(=O)c2ccccc2C1=O. The standard InChI is InChI=1S/C16H13N3O3/c17-12-7-3-4-8-13(12)18-14(20)9-19-15(21)10-5-1-2-6-11(10)16(19)22/h1-8H,9,17H2,(H,18,20). The van der Waals surface area contributed by atoms with Crippen LogP contribution in [0.2, 0.25) is 0 Å². The first kappa shape index (κ1) is 13.8. The number of anilines is 2. The lowest BCUT2D eigenvalue weighted by molar-refractivity contribution is -0.116. The van der Waals surface area contributed by atoms with Gasteiger partial charge in [-0.2, -0.15) is 0 Å². The summed E-state index contributed by atoms with van der Waals surface area (Å²) in [5.74, 6) is -1.40. The Morgan fingerprint density at radius 1 is 0.955 bits per heavy atom. The lowest BCUT2D eigenvalue weighted by Gasteiger charge is -2.14. The Hall–Kier alpha value is -3.15. The van der Waals surface area contributed by atoms with Gasteiger partial charge in [0.05, 0.1) is 22.5 Å². The van der Waals surface area contributed by atoms with E-state index in [1.165, 1.54) is 0 Å². The molecule has 6 nitrogen and oxygen atoms in total. The van der Waals surface area contributed by atoms with Gasteiger partial charge in [0.2, 0.25) is 5.91 Å².